The molecule has 0 aliphatic heterocycles. The van der Waals surface area contributed by atoms with Crippen molar-refractivity contribution in [2.75, 3.05) is 19.3 Å². The van der Waals surface area contributed by atoms with Gasteiger partial charge < -0.3 is 5.32 Å². The first kappa shape index (κ1) is 24.3. The van der Waals surface area contributed by atoms with Gasteiger partial charge in [0.15, 0.2) is 38.0 Å². The number of hydrogen-bond donors (Lipinski definition) is 2. The number of hydrogen-bond acceptors (Lipinski definition) is 5. The van der Waals surface area contributed by atoms with Crippen LogP contribution < -0.4 is 10.0 Å². The van der Waals surface area contributed by atoms with Gasteiger partial charge in [0.1, 0.15) is 4.90 Å². The lowest BCUT2D eigenvalue weighted by atomic mass is 10.3. The summed E-state index contributed by atoms with van der Waals surface area (Å²) in [6.07, 6.45) is 0. The first-order valence-electron chi connectivity index (χ1n) is 7.13. The van der Waals surface area contributed by atoms with E-state index in [1.165, 1.54) is 4.72 Å². The van der Waals surface area contributed by atoms with E-state index in [0.717, 1.165) is 14.0 Å². The van der Waals surface area contributed by atoms with Crippen LogP contribution in [0.25, 0.3) is 0 Å². The third kappa shape index (κ3) is 5.14. The first-order valence-corrected chi connectivity index (χ1v) is 10.3. The number of rotatable bonds is 6. The monoisotopic (exact) mass is 422 g/mol. The molecule has 0 unspecified atom stereocenters. The Morgan fingerprint density at radius 3 is 1.62 bits per heavy atom. The van der Waals surface area contributed by atoms with Crippen molar-refractivity contribution in [3.05, 3.63) is 23.3 Å². The van der Waals surface area contributed by atoms with E-state index in [1.54, 1.807) is 0 Å². The highest BCUT2D eigenvalue weighted by atomic mass is 32.2. The van der Waals surface area contributed by atoms with Gasteiger partial charge in [0.2, 0.25) is 15.9 Å². The predicted molar refractivity (Wildman–Crippen MR) is 84.6 cm³/mol. The van der Waals surface area contributed by atoms with E-state index in [9.17, 15) is 39.2 Å². The van der Waals surface area contributed by atoms with E-state index in [0.29, 0.717) is 0 Å². The molecule has 2 N–H and O–H groups in total. The lowest BCUT2D eigenvalue weighted by Gasteiger charge is -2.12. The molecular weight excluding hydrogens is 404 g/mol. The molecule has 1 amide bonds. The molecule has 1 rings (SSSR count). The Hall–Kier alpha value is -1.73. The molecule has 1 aromatic rings. The summed E-state index contributed by atoms with van der Waals surface area (Å²) in [5, 5.41) is 2.03. The van der Waals surface area contributed by atoms with Gasteiger partial charge in [-0.3, -0.25) is 4.79 Å². The van der Waals surface area contributed by atoms with Crippen LogP contribution >= 0.6 is 0 Å². The van der Waals surface area contributed by atoms with E-state index in [4.69, 9.17) is 0 Å². The molecule has 0 aliphatic carbocycles. The summed E-state index contributed by atoms with van der Waals surface area (Å²) < 4.78 is 104. The summed E-state index contributed by atoms with van der Waals surface area (Å²) in [6, 6.07) is 0. The number of halogens is 4. The average Bonchev–Trinajstić information content (AvgIpc) is 2.54. The third-order valence-corrected chi connectivity index (χ3v) is 5.93. The van der Waals surface area contributed by atoms with Crippen LogP contribution in [0.5, 0.6) is 0 Å². The Morgan fingerprint density at radius 1 is 0.885 bits per heavy atom. The van der Waals surface area contributed by atoms with Gasteiger partial charge in [0.25, 0.3) is 0 Å². The average molecular weight is 422 g/mol. The van der Waals surface area contributed by atoms with Gasteiger partial charge in [-0.1, -0.05) is 13.8 Å². The van der Waals surface area contributed by atoms with Gasteiger partial charge in [-0.2, -0.15) is 0 Å². The second-order valence-electron chi connectivity index (χ2n) is 4.42. The Morgan fingerprint density at radius 2 is 1.27 bits per heavy atom. The molecular formula is C13H18F4N2O5S2. The van der Waals surface area contributed by atoms with Crippen LogP contribution in [-0.2, 0) is 24.7 Å². The van der Waals surface area contributed by atoms with Crippen molar-refractivity contribution in [3.63, 3.8) is 0 Å². The highest BCUT2D eigenvalue weighted by Gasteiger charge is 2.37. The topological polar surface area (TPSA) is 109 Å². The number of carbonyl (C=O) groups is 1. The summed E-state index contributed by atoms with van der Waals surface area (Å²) in [6.45, 7) is 4.47. The molecule has 0 saturated carbocycles. The van der Waals surface area contributed by atoms with Crippen LogP contribution in [0.15, 0.2) is 9.79 Å². The molecule has 0 spiro atoms. The Labute approximate surface area is 148 Å². The highest BCUT2D eigenvalue weighted by molar-refractivity contribution is 7.91. The predicted octanol–water partition coefficient (Wildman–Crippen LogP) is 1.09. The van der Waals surface area contributed by atoms with E-state index in [-0.39, 0.29) is 0 Å². The lowest BCUT2D eigenvalue weighted by molar-refractivity contribution is -0.118. The van der Waals surface area contributed by atoms with Crippen LogP contribution in [0.1, 0.15) is 20.8 Å². The molecule has 0 aliphatic rings. The lowest BCUT2D eigenvalue weighted by Crippen LogP contribution is -2.29. The summed E-state index contributed by atoms with van der Waals surface area (Å²) in [7, 11) is -9.08. The smallest absolute Gasteiger partial charge is 0.246 e. The van der Waals surface area contributed by atoms with E-state index < -0.39 is 71.1 Å². The van der Waals surface area contributed by atoms with Crippen molar-refractivity contribution < 1.29 is 39.2 Å². The quantitative estimate of drug-likeness (QED) is 0.527. The Balaban J connectivity index is 0.00000301. The number of nitrogens with one attached hydrogen (secondary N) is 2. The van der Waals surface area contributed by atoms with Gasteiger partial charge in [-0.15, -0.1) is 0 Å². The molecule has 7 nitrogen and oxygen atoms in total. The summed E-state index contributed by atoms with van der Waals surface area (Å²) in [4.78, 5) is 6.73. The van der Waals surface area contributed by atoms with Crippen LogP contribution in [0, 0.1) is 23.3 Å². The molecule has 0 aromatic heterocycles. The van der Waals surface area contributed by atoms with Crippen molar-refractivity contribution in [1.29, 1.82) is 0 Å². The SMILES string of the molecule is CC.CNS(=O)(=O)c1c(F)c(F)c(S(=O)(=O)CCNC(C)=O)c(F)c1F. The van der Waals surface area contributed by atoms with Crippen molar-refractivity contribution in [1.82, 2.24) is 10.0 Å². The Kier molecular flexibility index (Phi) is 8.66. The zero-order valence-electron chi connectivity index (χ0n) is 14.3. The summed E-state index contributed by atoms with van der Waals surface area (Å²) >= 11 is 0. The fourth-order valence-electron chi connectivity index (χ4n) is 1.67. The highest BCUT2D eigenvalue weighted by Crippen LogP contribution is 2.30. The maximum absolute atomic E-state index is 13.9. The number of carbonyl (C=O) groups excluding carboxylic acids is 1. The Bertz CT molecular complexity index is 857. The number of sulfonamides is 1. The largest absolute Gasteiger partial charge is 0.355 e. The molecule has 0 radical (unpaired) electrons. The second kappa shape index (κ2) is 9.28. The minimum Gasteiger partial charge on any atom is -0.355 e. The van der Waals surface area contributed by atoms with Gasteiger partial charge in [0.05, 0.1) is 5.75 Å². The minimum absolute atomic E-state index is 0.573. The van der Waals surface area contributed by atoms with Crippen molar-refractivity contribution in [3.8, 4) is 0 Å². The van der Waals surface area contributed by atoms with Crippen molar-refractivity contribution >= 4 is 25.8 Å². The molecule has 0 saturated heterocycles. The van der Waals surface area contributed by atoms with Gasteiger partial charge in [-0.25, -0.2) is 39.1 Å². The van der Waals surface area contributed by atoms with Crippen molar-refractivity contribution in [2.45, 2.75) is 30.6 Å². The van der Waals surface area contributed by atoms with Crippen molar-refractivity contribution in [2.24, 2.45) is 0 Å². The van der Waals surface area contributed by atoms with E-state index >= 15 is 0 Å². The van der Waals surface area contributed by atoms with Gasteiger partial charge in [0, 0.05) is 13.5 Å². The maximum Gasteiger partial charge on any atom is 0.246 e. The number of amides is 1. The van der Waals surface area contributed by atoms with E-state index in [2.05, 4.69) is 0 Å². The van der Waals surface area contributed by atoms with Crippen LogP contribution in [-0.4, -0.2) is 42.1 Å². The molecule has 26 heavy (non-hydrogen) atoms. The molecule has 0 fully saturated rings. The zero-order chi connectivity index (χ0) is 20.9. The fourth-order valence-corrected chi connectivity index (χ4v) is 3.82. The number of benzene rings is 1. The molecule has 13 heteroatoms. The molecule has 1 aromatic carbocycles. The molecule has 0 bridgehead atoms. The molecule has 150 valence electrons. The zero-order valence-corrected chi connectivity index (χ0v) is 15.9. The number of sulfone groups is 1. The second-order valence-corrected chi connectivity index (χ2v) is 8.29. The van der Waals surface area contributed by atoms with Gasteiger partial charge >= 0.3 is 0 Å². The maximum atomic E-state index is 13.9. The van der Waals surface area contributed by atoms with Gasteiger partial charge in [-0.05, 0) is 7.05 Å². The van der Waals surface area contributed by atoms with Crippen LogP contribution in [0.4, 0.5) is 17.6 Å². The molecule has 0 atom stereocenters. The molecule has 0 heterocycles. The normalized spacial score (nSPS) is 11.5. The fraction of sp³-hybridized carbons (Fsp3) is 0.462. The van der Waals surface area contributed by atoms with Crippen LogP contribution in [0.3, 0.4) is 0 Å². The minimum atomic E-state index is -4.93. The third-order valence-electron chi connectivity index (χ3n) is 2.78. The first-order chi connectivity index (χ1) is 11.9. The van der Waals surface area contributed by atoms with Crippen LogP contribution in [0.2, 0.25) is 0 Å². The standard InChI is InChI=1S/C11H12F4N2O5S2.C2H6/c1-5(18)17-3-4-23(19,20)10-6(12)8(14)11(9(15)7(10)13)24(21,22)16-2;1-2/h16H,3-4H2,1-2H3,(H,17,18);1-2H3. The van der Waals surface area contributed by atoms with E-state index in [1.807, 2.05) is 19.2 Å². The summed E-state index contributed by atoms with van der Waals surface area (Å²) in [5.41, 5.74) is 0. The summed E-state index contributed by atoms with van der Waals surface area (Å²) in [5.74, 6) is -11.2.